The van der Waals surface area contributed by atoms with Crippen molar-refractivity contribution >= 4 is 28.9 Å². The van der Waals surface area contributed by atoms with Crippen LogP contribution in [0.4, 0.5) is 17.1 Å². The van der Waals surface area contributed by atoms with Gasteiger partial charge in [0, 0.05) is 18.0 Å². The van der Waals surface area contributed by atoms with Crippen molar-refractivity contribution in [3.63, 3.8) is 0 Å². The van der Waals surface area contributed by atoms with E-state index < -0.39 is 0 Å². The highest BCUT2D eigenvalue weighted by molar-refractivity contribution is 6.12. The lowest BCUT2D eigenvalue weighted by Gasteiger charge is -2.13. The summed E-state index contributed by atoms with van der Waals surface area (Å²) in [5.41, 5.74) is 7.22. The number of pyridine rings is 1. The Morgan fingerprint density at radius 3 is 2.26 bits per heavy atom. The number of hydrogen-bond acceptors (Lipinski definition) is 6. The third-order valence-corrected chi connectivity index (χ3v) is 5.97. The van der Waals surface area contributed by atoms with Crippen molar-refractivity contribution < 1.29 is 19.1 Å². The first kappa shape index (κ1) is 22.2. The van der Waals surface area contributed by atoms with Crippen LogP contribution >= 0.6 is 0 Å². The second kappa shape index (κ2) is 9.30. The summed E-state index contributed by atoms with van der Waals surface area (Å²) in [7, 11) is 3.00. The second-order valence-corrected chi connectivity index (χ2v) is 8.12. The number of nitrogens with zero attached hydrogens (tertiary/aromatic N) is 1. The Hall–Kier alpha value is -4.65. The van der Waals surface area contributed by atoms with E-state index in [2.05, 4.69) is 15.6 Å². The third kappa shape index (κ3) is 4.44. The maximum atomic E-state index is 12.9. The molecule has 0 saturated heterocycles. The van der Waals surface area contributed by atoms with Crippen molar-refractivity contribution in [2.75, 3.05) is 24.9 Å². The zero-order valence-electron chi connectivity index (χ0n) is 19.3. The lowest BCUT2D eigenvalue weighted by atomic mass is 9.98. The normalized spacial score (nSPS) is 11.9. The van der Waals surface area contributed by atoms with Crippen molar-refractivity contribution in [1.29, 1.82) is 0 Å². The third-order valence-electron chi connectivity index (χ3n) is 5.97. The second-order valence-electron chi connectivity index (χ2n) is 8.12. The molecule has 2 N–H and O–H groups in total. The molecule has 7 heteroatoms. The van der Waals surface area contributed by atoms with E-state index in [1.807, 2.05) is 54.6 Å². The molecule has 5 rings (SSSR count). The number of nitrogens with one attached hydrogen (secondary N) is 2. The molecule has 0 unspecified atom stereocenters. The average molecular weight is 466 g/mol. The zero-order valence-corrected chi connectivity index (χ0v) is 19.3. The lowest BCUT2D eigenvalue weighted by molar-refractivity contribution is -0.139. The summed E-state index contributed by atoms with van der Waals surface area (Å²) in [4.78, 5) is 28.7. The van der Waals surface area contributed by atoms with Crippen LogP contribution in [0.5, 0.6) is 5.75 Å². The van der Waals surface area contributed by atoms with Crippen LogP contribution in [0.3, 0.4) is 0 Å². The van der Waals surface area contributed by atoms with Crippen LogP contribution in [-0.4, -0.2) is 31.1 Å². The Kier molecular flexibility index (Phi) is 5.89. The number of methoxy groups -OCH3 is 2. The number of carbonyl (C=O) groups is 2. The monoisotopic (exact) mass is 465 g/mol. The minimum atomic E-state index is -0.337. The molecule has 174 valence electrons. The van der Waals surface area contributed by atoms with Crippen LogP contribution in [0.15, 0.2) is 79.1 Å². The van der Waals surface area contributed by atoms with Gasteiger partial charge in [-0.1, -0.05) is 24.3 Å². The number of esters is 1. The quantitative estimate of drug-likeness (QED) is 0.381. The molecule has 1 aliphatic rings. The maximum absolute atomic E-state index is 12.9. The van der Waals surface area contributed by atoms with Crippen LogP contribution < -0.4 is 15.4 Å². The molecule has 4 aromatic rings. The fraction of sp³-hybridized carbons (Fsp3) is 0.107. The molecule has 1 aromatic heterocycles. The number of hydrogen-bond donors (Lipinski definition) is 2. The van der Waals surface area contributed by atoms with Gasteiger partial charge in [0.2, 0.25) is 0 Å². The number of anilines is 3. The van der Waals surface area contributed by atoms with Gasteiger partial charge in [-0.05, 0) is 64.7 Å². The van der Waals surface area contributed by atoms with Gasteiger partial charge in [0.25, 0.3) is 5.91 Å². The summed E-state index contributed by atoms with van der Waals surface area (Å²) < 4.78 is 10.4. The van der Waals surface area contributed by atoms with E-state index in [1.54, 1.807) is 31.6 Å². The largest absolute Gasteiger partial charge is 0.496 e. The maximum Gasteiger partial charge on any atom is 0.309 e. The molecule has 1 amide bonds. The highest BCUT2D eigenvalue weighted by Crippen LogP contribution is 2.38. The van der Waals surface area contributed by atoms with Crippen LogP contribution in [0.1, 0.15) is 15.9 Å². The molecule has 0 bridgehead atoms. The fourth-order valence-corrected chi connectivity index (χ4v) is 4.15. The van der Waals surface area contributed by atoms with E-state index >= 15 is 0 Å². The molecule has 35 heavy (non-hydrogen) atoms. The number of fused-ring (bicyclic) bond motifs is 2. The predicted molar refractivity (Wildman–Crippen MR) is 135 cm³/mol. The minimum Gasteiger partial charge on any atom is -0.496 e. The number of benzene rings is 3. The van der Waals surface area contributed by atoms with Gasteiger partial charge in [-0.3, -0.25) is 14.6 Å². The van der Waals surface area contributed by atoms with Crippen molar-refractivity contribution in [3.05, 3.63) is 90.3 Å². The first-order valence-corrected chi connectivity index (χ1v) is 11.1. The molecule has 2 heterocycles. The number of aromatic nitrogens is 1. The van der Waals surface area contributed by atoms with Crippen LogP contribution in [0.25, 0.3) is 22.3 Å². The molecule has 0 radical (unpaired) electrons. The number of ether oxygens (including phenoxy) is 2. The van der Waals surface area contributed by atoms with E-state index in [9.17, 15) is 9.59 Å². The minimum absolute atomic E-state index is 0.133. The first-order valence-electron chi connectivity index (χ1n) is 11.1. The van der Waals surface area contributed by atoms with E-state index in [-0.39, 0.29) is 18.3 Å². The average Bonchev–Trinajstić information content (AvgIpc) is 3.03. The Morgan fingerprint density at radius 2 is 1.51 bits per heavy atom. The molecule has 3 aromatic carbocycles. The van der Waals surface area contributed by atoms with Gasteiger partial charge in [-0.15, -0.1) is 0 Å². The van der Waals surface area contributed by atoms with Gasteiger partial charge in [-0.2, -0.15) is 0 Å². The Labute approximate surface area is 202 Å². The van der Waals surface area contributed by atoms with Gasteiger partial charge in [0.1, 0.15) is 5.75 Å². The summed E-state index contributed by atoms with van der Waals surface area (Å²) in [6.07, 6.45) is 3.64. The van der Waals surface area contributed by atoms with Gasteiger partial charge < -0.3 is 20.1 Å². The number of amides is 1. The fourth-order valence-electron chi connectivity index (χ4n) is 4.15. The molecule has 7 nitrogen and oxygen atoms in total. The molecule has 0 fully saturated rings. The highest BCUT2D eigenvalue weighted by Gasteiger charge is 2.20. The summed E-state index contributed by atoms with van der Waals surface area (Å²) in [6.45, 7) is 0. The summed E-state index contributed by atoms with van der Waals surface area (Å²) in [5, 5.41) is 6.30. The van der Waals surface area contributed by atoms with E-state index in [0.717, 1.165) is 39.3 Å². The standard InChI is InChI=1S/C28H23N3O4/c1-34-26-16-20(4-6-21(26)18-9-11-29-12-10-18)19-5-7-22-24(15-19)30-23-8-3-17(14-27(32)35-2)13-25(23)31-28(22)33/h3-13,15-16,30H,14H2,1-2H3,(H,31,33). The zero-order chi connectivity index (χ0) is 24.4. The molecule has 0 aliphatic carbocycles. The number of carbonyl (C=O) groups excluding carboxylic acids is 2. The molecule has 1 aliphatic heterocycles. The first-order chi connectivity index (χ1) is 17.1. The van der Waals surface area contributed by atoms with Gasteiger partial charge >= 0.3 is 5.97 Å². The lowest BCUT2D eigenvalue weighted by Crippen LogP contribution is -2.11. The molecular formula is C28H23N3O4. The van der Waals surface area contributed by atoms with E-state index in [0.29, 0.717) is 16.9 Å². The SMILES string of the molecule is COC(=O)Cc1ccc2c(c1)NC(=O)c1ccc(-c3ccc(-c4ccncc4)c(OC)c3)cc1N2. The summed E-state index contributed by atoms with van der Waals surface area (Å²) >= 11 is 0. The Morgan fingerprint density at radius 1 is 0.771 bits per heavy atom. The van der Waals surface area contributed by atoms with Crippen LogP contribution in [-0.2, 0) is 16.0 Å². The van der Waals surface area contributed by atoms with Crippen molar-refractivity contribution in [2.45, 2.75) is 6.42 Å². The van der Waals surface area contributed by atoms with Gasteiger partial charge in [0.15, 0.2) is 0 Å². The van der Waals surface area contributed by atoms with Crippen LogP contribution in [0.2, 0.25) is 0 Å². The van der Waals surface area contributed by atoms with Gasteiger partial charge in [0.05, 0.1) is 43.3 Å². The molecule has 0 spiro atoms. The molecule has 0 atom stereocenters. The van der Waals surface area contributed by atoms with Crippen molar-refractivity contribution in [2.24, 2.45) is 0 Å². The smallest absolute Gasteiger partial charge is 0.309 e. The number of rotatable bonds is 5. The van der Waals surface area contributed by atoms with Crippen LogP contribution in [0, 0.1) is 0 Å². The highest BCUT2D eigenvalue weighted by atomic mass is 16.5. The summed E-state index contributed by atoms with van der Waals surface area (Å²) in [5.74, 6) is 0.188. The Bertz CT molecular complexity index is 1430. The predicted octanol–water partition coefficient (Wildman–Crippen LogP) is 5.45. The van der Waals surface area contributed by atoms with E-state index in [4.69, 9.17) is 9.47 Å². The van der Waals surface area contributed by atoms with Gasteiger partial charge in [-0.25, -0.2) is 0 Å². The molecule has 0 saturated carbocycles. The van der Waals surface area contributed by atoms with Crippen molar-refractivity contribution in [1.82, 2.24) is 4.98 Å². The summed E-state index contributed by atoms with van der Waals surface area (Å²) in [6, 6.07) is 21.1. The molecular weight excluding hydrogens is 442 g/mol. The topological polar surface area (TPSA) is 89.5 Å². The van der Waals surface area contributed by atoms with E-state index in [1.165, 1.54) is 7.11 Å². The van der Waals surface area contributed by atoms with Crippen molar-refractivity contribution in [3.8, 4) is 28.0 Å². The Balaban J connectivity index is 1.49.